The lowest BCUT2D eigenvalue weighted by atomic mass is 9.95. The molecule has 0 bridgehead atoms. The number of carbonyl (C=O) groups is 1. The van der Waals surface area contributed by atoms with Crippen molar-refractivity contribution < 1.29 is 9.00 Å². The number of benzene rings is 1. The highest BCUT2D eigenvalue weighted by atomic mass is 32.2. The summed E-state index contributed by atoms with van der Waals surface area (Å²) in [6, 6.07) is 9.38. The van der Waals surface area contributed by atoms with E-state index in [4.69, 9.17) is 0 Å². The second-order valence-electron chi connectivity index (χ2n) is 5.91. The van der Waals surface area contributed by atoms with Gasteiger partial charge in [-0.05, 0) is 31.2 Å². The van der Waals surface area contributed by atoms with Gasteiger partial charge in [0.25, 0.3) is 5.91 Å². The first kappa shape index (κ1) is 15.9. The third-order valence-electron chi connectivity index (χ3n) is 4.18. The van der Waals surface area contributed by atoms with Gasteiger partial charge in [-0.15, -0.1) is 0 Å². The van der Waals surface area contributed by atoms with Gasteiger partial charge in [0.1, 0.15) is 0 Å². The van der Waals surface area contributed by atoms with Crippen LogP contribution in [0.4, 0.5) is 0 Å². The van der Waals surface area contributed by atoms with Gasteiger partial charge in [0.15, 0.2) is 5.69 Å². The monoisotopic (exact) mass is 331 g/mol. The van der Waals surface area contributed by atoms with Crippen molar-refractivity contribution in [2.75, 3.05) is 12.0 Å². The summed E-state index contributed by atoms with van der Waals surface area (Å²) in [7, 11) is -1.00. The number of nitrogens with one attached hydrogen (secondary N) is 2. The Morgan fingerprint density at radius 1 is 1.30 bits per heavy atom. The molecule has 0 saturated carbocycles. The average Bonchev–Trinajstić information content (AvgIpc) is 2.99. The predicted molar refractivity (Wildman–Crippen MR) is 90.8 cm³/mol. The Kier molecular flexibility index (Phi) is 4.91. The van der Waals surface area contributed by atoms with Crippen LogP contribution in [-0.4, -0.2) is 32.3 Å². The first-order valence-corrected chi connectivity index (χ1v) is 9.60. The smallest absolute Gasteiger partial charge is 0.272 e. The average molecular weight is 331 g/mol. The van der Waals surface area contributed by atoms with Gasteiger partial charge < -0.3 is 5.32 Å². The Hall–Kier alpha value is -1.95. The van der Waals surface area contributed by atoms with Crippen molar-refractivity contribution >= 4 is 16.7 Å². The quantitative estimate of drug-likeness (QED) is 0.881. The van der Waals surface area contributed by atoms with Crippen molar-refractivity contribution in [1.29, 1.82) is 0 Å². The number of amides is 1. The summed E-state index contributed by atoms with van der Waals surface area (Å²) in [6.45, 7) is 0. The molecule has 0 fully saturated rings. The van der Waals surface area contributed by atoms with Crippen molar-refractivity contribution in [1.82, 2.24) is 15.5 Å². The van der Waals surface area contributed by atoms with Crippen LogP contribution in [0.1, 0.15) is 46.2 Å². The zero-order valence-electron chi connectivity index (χ0n) is 13.2. The first-order valence-electron chi connectivity index (χ1n) is 7.87. The number of fused-ring (bicyclic) bond motifs is 1. The number of hydrogen-bond acceptors (Lipinski definition) is 3. The maximum Gasteiger partial charge on any atom is 0.272 e. The SMILES string of the molecule is C[S@](=O)C[C@@H](NC(=O)c1n[nH]c2c1CCCC2)c1ccccc1. The molecule has 6 heteroatoms. The van der Waals surface area contributed by atoms with E-state index < -0.39 is 10.8 Å². The maximum absolute atomic E-state index is 12.7. The molecular formula is C17H21N3O2S. The molecule has 1 amide bonds. The van der Waals surface area contributed by atoms with Crippen molar-refractivity contribution in [2.45, 2.75) is 31.7 Å². The van der Waals surface area contributed by atoms with Crippen LogP contribution in [0, 0.1) is 0 Å². The van der Waals surface area contributed by atoms with E-state index in [1.807, 2.05) is 30.3 Å². The molecule has 5 nitrogen and oxygen atoms in total. The number of hydrogen-bond donors (Lipinski definition) is 2. The molecular weight excluding hydrogens is 310 g/mol. The Morgan fingerprint density at radius 2 is 2.04 bits per heavy atom. The number of carbonyl (C=O) groups excluding carboxylic acids is 1. The van der Waals surface area contributed by atoms with Crippen molar-refractivity contribution in [3.8, 4) is 0 Å². The van der Waals surface area contributed by atoms with E-state index in [2.05, 4.69) is 15.5 Å². The molecule has 0 saturated heterocycles. The second kappa shape index (κ2) is 7.08. The minimum absolute atomic E-state index is 0.191. The summed E-state index contributed by atoms with van der Waals surface area (Å²) >= 11 is 0. The molecule has 1 aliphatic rings. The minimum atomic E-state index is -1.00. The highest BCUT2D eigenvalue weighted by molar-refractivity contribution is 7.84. The third-order valence-corrected chi connectivity index (χ3v) is 4.98. The van der Waals surface area contributed by atoms with Crippen LogP contribution in [0.2, 0.25) is 0 Å². The maximum atomic E-state index is 12.7. The number of aromatic nitrogens is 2. The summed E-state index contributed by atoms with van der Waals surface area (Å²) in [4.78, 5) is 12.7. The second-order valence-corrected chi connectivity index (χ2v) is 7.39. The minimum Gasteiger partial charge on any atom is -0.343 e. The number of H-pyrrole nitrogens is 1. The zero-order valence-corrected chi connectivity index (χ0v) is 14.0. The molecule has 1 aliphatic carbocycles. The highest BCUT2D eigenvalue weighted by Crippen LogP contribution is 2.23. The largest absolute Gasteiger partial charge is 0.343 e. The van der Waals surface area contributed by atoms with Crippen LogP contribution in [0.25, 0.3) is 0 Å². The van der Waals surface area contributed by atoms with E-state index in [-0.39, 0.29) is 11.9 Å². The molecule has 0 spiro atoms. The fourth-order valence-electron chi connectivity index (χ4n) is 3.04. The molecule has 2 aromatic rings. The van der Waals surface area contributed by atoms with Gasteiger partial charge in [0.05, 0.1) is 6.04 Å². The van der Waals surface area contributed by atoms with E-state index in [9.17, 15) is 9.00 Å². The van der Waals surface area contributed by atoms with E-state index in [1.165, 1.54) is 0 Å². The third kappa shape index (κ3) is 3.69. The first-order chi connectivity index (χ1) is 11.1. The van der Waals surface area contributed by atoms with Crippen LogP contribution in [-0.2, 0) is 23.6 Å². The molecule has 1 heterocycles. The fourth-order valence-corrected chi connectivity index (χ4v) is 3.78. The number of aryl methyl sites for hydroxylation is 1. The lowest BCUT2D eigenvalue weighted by molar-refractivity contribution is 0.0934. The lowest BCUT2D eigenvalue weighted by Gasteiger charge is -2.18. The summed E-state index contributed by atoms with van der Waals surface area (Å²) in [6.07, 6.45) is 5.73. The summed E-state index contributed by atoms with van der Waals surface area (Å²) in [5.41, 5.74) is 3.57. The Balaban J connectivity index is 1.81. The van der Waals surface area contributed by atoms with Crippen molar-refractivity contribution in [2.24, 2.45) is 0 Å². The van der Waals surface area contributed by atoms with Crippen molar-refractivity contribution in [3.05, 3.63) is 52.8 Å². The number of aromatic amines is 1. The molecule has 122 valence electrons. The van der Waals surface area contributed by atoms with Gasteiger partial charge in [0.2, 0.25) is 0 Å². The fraction of sp³-hybridized carbons (Fsp3) is 0.412. The van der Waals surface area contributed by atoms with Gasteiger partial charge >= 0.3 is 0 Å². The molecule has 1 aromatic carbocycles. The van der Waals surface area contributed by atoms with Crippen molar-refractivity contribution in [3.63, 3.8) is 0 Å². The summed E-state index contributed by atoms with van der Waals surface area (Å²) < 4.78 is 11.7. The summed E-state index contributed by atoms with van der Waals surface area (Å²) in [5.74, 6) is 0.200. The number of rotatable bonds is 5. The van der Waals surface area contributed by atoms with Gasteiger partial charge in [-0.1, -0.05) is 30.3 Å². The van der Waals surface area contributed by atoms with Crippen LogP contribution in [0.5, 0.6) is 0 Å². The molecule has 2 N–H and O–H groups in total. The van der Waals surface area contributed by atoms with Crippen LogP contribution in [0.3, 0.4) is 0 Å². The molecule has 23 heavy (non-hydrogen) atoms. The molecule has 0 radical (unpaired) electrons. The van der Waals surface area contributed by atoms with Gasteiger partial charge in [0, 0.05) is 34.1 Å². The van der Waals surface area contributed by atoms with Gasteiger partial charge in [-0.25, -0.2) is 0 Å². The summed E-state index contributed by atoms with van der Waals surface area (Å²) in [5, 5.41) is 10.2. The zero-order chi connectivity index (χ0) is 16.2. The highest BCUT2D eigenvalue weighted by Gasteiger charge is 2.24. The van der Waals surface area contributed by atoms with Crippen LogP contribution < -0.4 is 5.32 Å². The number of nitrogens with zero attached hydrogens (tertiary/aromatic N) is 1. The lowest BCUT2D eigenvalue weighted by Crippen LogP contribution is -2.32. The van der Waals surface area contributed by atoms with E-state index >= 15 is 0 Å². The van der Waals surface area contributed by atoms with E-state index in [0.717, 1.165) is 42.5 Å². The van der Waals surface area contributed by atoms with Gasteiger partial charge in [-0.2, -0.15) is 5.10 Å². The van der Waals surface area contributed by atoms with Gasteiger partial charge in [-0.3, -0.25) is 14.1 Å². The molecule has 2 atom stereocenters. The predicted octanol–water partition coefficient (Wildman–Crippen LogP) is 2.14. The van der Waals surface area contributed by atoms with E-state index in [0.29, 0.717) is 11.4 Å². The standard InChI is InChI=1S/C17H21N3O2S/c1-23(22)11-15(12-7-3-2-4-8-12)18-17(21)16-13-9-5-6-10-14(13)19-20-16/h2-4,7-8,15H,5-6,9-11H2,1H3,(H,18,21)(H,19,20)/t15-,23+/m1/s1. The molecule has 3 rings (SSSR count). The Labute approximate surface area is 138 Å². The topological polar surface area (TPSA) is 74.8 Å². The normalized spacial score (nSPS) is 16.4. The van der Waals surface area contributed by atoms with E-state index in [1.54, 1.807) is 6.26 Å². The Morgan fingerprint density at radius 3 is 2.78 bits per heavy atom. The molecule has 0 unspecified atom stereocenters. The Bertz CT molecular complexity index is 712. The molecule has 0 aliphatic heterocycles. The van der Waals surface area contributed by atoms with Crippen LogP contribution >= 0.6 is 0 Å². The van der Waals surface area contributed by atoms with Crippen LogP contribution in [0.15, 0.2) is 30.3 Å². The molecule has 1 aromatic heterocycles.